The fraction of sp³-hybridized carbons (Fsp3) is 0.500. The van der Waals surface area contributed by atoms with Crippen LogP contribution in [0.5, 0.6) is 0 Å². The summed E-state index contributed by atoms with van der Waals surface area (Å²) in [5.74, 6) is -0.353. The zero-order valence-corrected chi connectivity index (χ0v) is 13.0. The highest BCUT2D eigenvalue weighted by Gasteiger charge is 2.35. The van der Waals surface area contributed by atoms with Crippen LogP contribution < -0.4 is 10.0 Å². The largest absolute Gasteiger partial charge is 0.418 e. The lowest BCUT2D eigenvalue weighted by Gasteiger charge is -2.16. The van der Waals surface area contributed by atoms with E-state index in [1.165, 1.54) is 6.07 Å². The van der Waals surface area contributed by atoms with E-state index in [2.05, 4.69) is 5.32 Å². The van der Waals surface area contributed by atoms with Gasteiger partial charge in [-0.05, 0) is 12.1 Å². The van der Waals surface area contributed by atoms with E-state index in [0.29, 0.717) is 0 Å². The topological polar surface area (TPSA) is 58.2 Å². The normalized spacial score (nSPS) is 12.7. The van der Waals surface area contributed by atoms with Crippen molar-refractivity contribution in [3.63, 3.8) is 0 Å². The van der Waals surface area contributed by atoms with E-state index in [0.717, 1.165) is 12.1 Å². The molecule has 0 unspecified atom stereocenters. The highest BCUT2D eigenvalue weighted by molar-refractivity contribution is 7.92. The number of hydrogen-bond donors (Lipinski definition) is 2. The van der Waals surface area contributed by atoms with Crippen LogP contribution in [0.4, 0.5) is 18.9 Å². The average Bonchev–Trinajstić information content (AvgIpc) is 2.29. The van der Waals surface area contributed by atoms with Crippen molar-refractivity contribution in [2.24, 2.45) is 0 Å². The molecule has 4 nitrogen and oxygen atoms in total. The first-order valence-corrected chi connectivity index (χ1v) is 8.15. The molecule has 0 saturated carbocycles. The summed E-state index contributed by atoms with van der Waals surface area (Å²) in [6, 6.07) is 3.16. The van der Waals surface area contributed by atoms with E-state index in [4.69, 9.17) is 11.6 Å². The van der Waals surface area contributed by atoms with Gasteiger partial charge in [-0.25, -0.2) is 8.42 Å². The van der Waals surface area contributed by atoms with Gasteiger partial charge in [0.2, 0.25) is 10.0 Å². The van der Waals surface area contributed by atoms with Gasteiger partial charge in [-0.3, -0.25) is 4.72 Å². The molecule has 0 aliphatic rings. The molecule has 1 rings (SSSR count). The molecule has 9 heteroatoms. The van der Waals surface area contributed by atoms with Gasteiger partial charge in [0.25, 0.3) is 0 Å². The smallest absolute Gasteiger partial charge is 0.313 e. The first-order valence-electron chi connectivity index (χ1n) is 6.12. The lowest BCUT2D eigenvalue weighted by Crippen LogP contribution is -2.31. The number of para-hydroxylation sites is 1. The van der Waals surface area contributed by atoms with Crippen molar-refractivity contribution in [3.05, 3.63) is 28.8 Å². The summed E-state index contributed by atoms with van der Waals surface area (Å²) < 4.78 is 64.2. The summed E-state index contributed by atoms with van der Waals surface area (Å²) in [5.41, 5.74) is -1.76. The quantitative estimate of drug-likeness (QED) is 0.833. The van der Waals surface area contributed by atoms with E-state index in [1.54, 1.807) is 0 Å². The molecule has 0 aromatic heterocycles. The second-order valence-electron chi connectivity index (χ2n) is 4.69. The third-order valence-electron chi connectivity index (χ3n) is 2.50. The standard InChI is InChI=1S/C12H16ClF3N2O2S/c1-8(2)17-6-7-21(19,20)18-11-9(12(14,15)16)4-3-5-10(11)13/h3-5,8,17-18H,6-7H2,1-2H3. The van der Waals surface area contributed by atoms with Crippen molar-refractivity contribution in [3.8, 4) is 0 Å². The first kappa shape index (κ1) is 18.1. The summed E-state index contributed by atoms with van der Waals surface area (Å²) in [6.45, 7) is 3.78. The Balaban J connectivity index is 2.97. The highest BCUT2D eigenvalue weighted by Crippen LogP contribution is 2.38. The molecule has 0 aliphatic heterocycles. The van der Waals surface area contributed by atoms with Gasteiger partial charge in [0.15, 0.2) is 0 Å². The van der Waals surface area contributed by atoms with Gasteiger partial charge in [0.05, 0.1) is 22.0 Å². The maximum atomic E-state index is 12.9. The number of anilines is 1. The van der Waals surface area contributed by atoms with E-state index in [9.17, 15) is 21.6 Å². The third kappa shape index (κ3) is 5.72. The van der Waals surface area contributed by atoms with Gasteiger partial charge in [0.1, 0.15) is 0 Å². The molecule has 1 aromatic rings. The monoisotopic (exact) mass is 344 g/mol. The average molecular weight is 345 g/mol. The molecule has 2 N–H and O–H groups in total. The Bertz CT molecular complexity index is 589. The Morgan fingerprint density at radius 3 is 2.43 bits per heavy atom. The number of rotatable bonds is 6. The van der Waals surface area contributed by atoms with Gasteiger partial charge >= 0.3 is 6.18 Å². The lowest BCUT2D eigenvalue weighted by atomic mass is 10.2. The number of benzene rings is 1. The van der Waals surface area contributed by atoms with Crippen molar-refractivity contribution in [1.82, 2.24) is 5.32 Å². The van der Waals surface area contributed by atoms with Gasteiger partial charge in [0, 0.05) is 12.6 Å². The minimum absolute atomic E-state index is 0.0752. The molecule has 0 heterocycles. The van der Waals surface area contributed by atoms with Gasteiger partial charge < -0.3 is 5.32 Å². The fourth-order valence-corrected chi connectivity index (χ4v) is 2.85. The van der Waals surface area contributed by atoms with Crippen molar-refractivity contribution in [2.75, 3.05) is 17.0 Å². The molecule has 0 fully saturated rings. The summed E-state index contributed by atoms with van der Waals surface area (Å²) in [4.78, 5) is 0. The third-order valence-corrected chi connectivity index (χ3v) is 4.07. The van der Waals surface area contributed by atoms with E-state index in [1.807, 2.05) is 18.6 Å². The molecular formula is C12H16ClF3N2O2S. The first-order chi connectivity index (χ1) is 9.53. The minimum Gasteiger partial charge on any atom is -0.313 e. The molecule has 0 aliphatic carbocycles. The Hall–Kier alpha value is -0.990. The van der Waals surface area contributed by atoms with Crippen LogP contribution in [0.3, 0.4) is 0 Å². The molecule has 0 radical (unpaired) electrons. The predicted octanol–water partition coefficient (Wildman–Crippen LogP) is 3.10. The number of hydrogen-bond acceptors (Lipinski definition) is 3. The predicted molar refractivity (Wildman–Crippen MR) is 77.0 cm³/mol. The Morgan fingerprint density at radius 1 is 1.29 bits per heavy atom. The molecule has 120 valence electrons. The van der Waals surface area contributed by atoms with E-state index < -0.39 is 27.5 Å². The molecule has 0 bridgehead atoms. The van der Waals surface area contributed by atoms with Gasteiger partial charge in [-0.15, -0.1) is 0 Å². The summed E-state index contributed by atoms with van der Waals surface area (Å²) >= 11 is 5.68. The molecule has 0 atom stereocenters. The SMILES string of the molecule is CC(C)NCCS(=O)(=O)Nc1c(Cl)cccc1C(F)(F)F. The Labute approximate surface area is 126 Å². The van der Waals surface area contributed by atoms with Crippen molar-refractivity contribution in [1.29, 1.82) is 0 Å². The number of halogens is 4. The van der Waals surface area contributed by atoms with Crippen LogP contribution in [0, 0.1) is 0 Å². The van der Waals surface area contributed by atoms with Crippen molar-refractivity contribution < 1.29 is 21.6 Å². The van der Waals surface area contributed by atoms with Crippen LogP contribution in [0.25, 0.3) is 0 Å². The number of sulfonamides is 1. The second kappa shape index (κ2) is 6.85. The van der Waals surface area contributed by atoms with Gasteiger partial charge in [-0.2, -0.15) is 13.2 Å². The lowest BCUT2D eigenvalue weighted by molar-refractivity contribution is -0.136. The maximum Gasteiger partial charge on any atom is 0.418 e. The molecule has 0 saturated heterocycles. The van der Waals surface area contributed by atoms with E-state index >= 15 is 0 Å². The fourth-order valence-electron chi connectivity index (χ4n) is 1.55. The summed E-state index contributed by atoms with van der Waals surface area (Å²) in [5, 5.41) is 2.57. The molecule has 0 spiro atoms. The number of nitrogens with one attached hydrogen (secondary N) is 2. The van der Waals surface area contributed by atoms with Crippen LogP contribution in [-0.2, 0) is 16.2 Å². The van der Waals surface area contributed by atoms with Crippen LogP contribution >= 0.6 is 11.6 Å². The van der Waals surface area contributed by atoms with Crippen LogP contribution in [-0.4, -0.2) is 26.8 Å². The summed E-state index contributed by atoms with van der Waals surface area (Å²) in [7, 11) is -3.93. The zero-order valence-electron chi connectivity index (χ0n) is 11.5. The minimum atomic E-state index is -4.70. The second-order valence-corrected chi connectivity index (χ2v) is 6.94. The van der Waals surface area contributed by atoms with Crippen molar-refractivity contribution in [2.45, 2.75) is 26.1 Å². The maximum absolute atomic E-state index is 12.9. The number of alkyl halides is 3. The molecular weight excluding hydrogens is 329 g/mol. The van der Waals surface area contributed by atoms with Crippen LogP contribution in [0.2, 0.25) is 5.02 Å². The zero-order chi connectivity index (χ0) is 16.3. The molecule has 1 aromatic carbocycles. The summed E-state index contributed by atoms with van der Waals surface area (Å²) in [6.07, 6.45) is -4.70. The van der Waals surface area contributed by atoms with Crippen LogP contribution in [0.1, 0.15) is 19.4 Å². The molecule has 21 heavy (non-hydrogen) atoms. The molecule has 0 amide bonds. The van der Waals surface area contributed by atoms with Crippen LogP contribution in [0.15, 0.2) is 18.2 Å². The Morgan fingerprint density at radius 2 is 1.90 bits per heavy atom. The van der Waals surface area contributed by atoms with Crippen molar-refractivity contribution >= 4 is 27.3 Å². The highest BCUT2D eigenvalue weighted by atomic mass is 35.5. The van der Waals surface area contributed by atoms with Gasteiger partial charge in [-0.1, -0.05) is 31.5 Å². The van der Waals surface area contributed by atoms with E-state index in [-0.39, 0.29) is 23.4 Å². The Kier molecular flexibility index (Phi) is 5.89.